The van der Waals surface area contributed by atoms with E-state index in [9.17, 15) is 4.79 Å². The molecule has 1 nitrogen and oxygen atoms in total. The Hall–Kier alpha value is -1.02. The van der Waals surface area contributed by atoms with Gasteiger partial charge in [0.15, 0.2) is 0 Å². The number of thioether (sulfide) groups is 1. The van der Waals surface area contributed by atoms with Gasteiger partial charge in [0.05, 0.1) is 0 Å². The van der Waals surface area contributed by atoms with Crippen molar-refractivity contribution in [2.75, 3.05) is 0 Å². The Morgan fingerprint density at radius 3 is 2.29 bits per heavy atom. The van der Waals surface area contributed by atoms with Crippen molar-refractivity contribution in [3.05, 3.63) is 60.2 Å². The molecule has 2 aromatic rings. The summed E-state index contributed by atoms with van der Waals surface area (Å²) in [4.78, 5) is 12.9. The third-order valence-corrected chi connectivity index (χ3v) is 5.21. The van der Waals surface area contributed by atoms with Gasteiger partial charge in [0.25, 0.3) is 0 Å². The molecule has 0 spiro atoms. The van der Waals surface area contributed by atoms with Crippen LogP contribution in [0.15, 0.2) is 59.5 Å². The fourth-order valence-electron chi connectivity index (χ4n) is 1.31. The Labute approximate surface area is 112 Å². The van der Waals surface area contributed by atoms with E-state index in [1.165, 1.54) is 17.3 Å². The Balaban J connectivity index is 1.96. The Bertz CT molecular complexity index is 493. The van der Waals surface area contributed by atoms with Gasteiger partial charge in [-0.25, -0.2) is 0 Å². The molecule has 0 aromatic heterocycles. The van der Waals surface area contributed by atoms with E-state index in [-0.39, 0.29) is 19.0 Å². The SMILES string of the molecule is Cc1ccc(SC(=O)[Se]c2ccccc2)cc1. The summed E-state index contributed by atoms with van der Waals surface area (Å²) in [5, 5.41) is 0. The fraction of sp³-hybridized carbons (Fsp3) is 0.0714. The molecule has 0 heterocycles. The van der Waals surface area contributed by atoms with Crippen molar-refractivity contribution in [2.45, 2.75) is 11.8 Å². The molecule has 0 bridgehead atoms. The van der Waals surface area contributed by atoms with Crippen LogP contribution in [0.2, 0.25) is 0 Å². The van der Waals surface area contributed by atoms with Crippen molar-refractivity contribution in [3.63, 3.8) is 0 Å². The number of aryl methyl sites for hydroxylation is 1. The van der Waals surface area contributed by atoms with E-state index >= 15 is 0 Å². The molecule has 0 aliphatic rings. The van der Waals surface area contributed by atoms with Gasteiger partial charge in [-0.15, -0.1) is 0 Å². The first kappa shape index (κ1) is 12.4. The van der Waals surface area contributed by atoms with Gasteiger partial charge in [0.1, 0.15) is 0 Å². The fourth-order valence-corrected chi connectivity index (χ4v) is 4.20. The molecule has 3 heteroatoms. The van der Waals surface area contributed by atoms with E-state index in [0.717, 1.165) is 9.36 Å². The van der Waals surface area contributed by atoms with Crippen molar-refractivity contribution >= 4 is 35.2 Å². The molecule has 0 atom stereocenters. The summed E-state index contributed by atoms with van der Waals surface area (Å²) in [6.07, 6.45) is 0. The summed E-state index contributed by atoms with van der Waals surface area (Å²) in [5.41, 5.74) is 1.22. The van der Waals surface area contributed by atoms with Crippen molar-refractivity contribution < 1.29 is 4.79 Å². The molecule has 0 saturated carbocycles. The van der Waals surface area contributed by atoms with Crippen LogP contribution >= 0.6 is 11.8 Å². The number of hydrogen-bond acceptors (Lipinski definition) is 2. The van der Waals surface area contributed by atoms with E-state index in [1.807, 2.05) is 61.5 Å². The topological polar surface area (TPSA) is 17.1 Å². The summed E-state index contributed by atoms with van der Waals surface area (Å²) in [6.45, 7) is 2.05. The molecule has 0 amide bonds. The first-order valence-electron chi connectivity index (χ1n) is 5.25. The van der Waals surface area contributed by atoms with Gasteiger partial charge in [0.2, 0.25) is 0 Å². The van der Waals surface area contributed by atoms with Crippen molar-refractivity contribution in [2.24, 2.45) is 0 Å². The predicted octanol–water partition coefficient (Wildman–Crippen LogP) is 3.24. The third-order valence-electron chi connectivity index (χ3n) is 2.17. The molecule has 0 N–H and O–H groups in total. The van der Waals surface area contributed by atoms with Crippen LogP contribution in [0.3, 0.4) is 0 Å². The zero-order valence-corrected chi connectivity index (χ0v) is 12.0. The third kappa shape index (κ3) is 4.04. The van der Waals surface area contributed by atoms with Crippen LogP contribution in [0.5, 0.6) is 0 Å². The van der Waals surface area contributed by atoms with E-state index in [1.54, 1.807) is 0 Å². The van der Waals surface area contributed by atoms with E-state index < -0.39 is 0 Å². The van der Waals surface area contributed by atoms with Crippen LogP contribution in [0.4, 0.5) is 4.79 Å². The summed E-state index contributed by atoms with van der Waals surface area (Å²) in [5.74, 6) is 0. The maximum absolute atomic E-state index is 11.9. The van der Waals surface area contributed by atoms with Crippen LogP contribution in [0.1, 0.15) is 5.56 Å². The molecule has 0 unspecified atom stereocenters. The van der Waals surface area contributed by atoms with Crippen LogP contribution < -0.4 is 4.46 Å². The number of carbonyl (C=O) groups excluding carboxylic acids is 1. The molecule has 0 aliphatic heterocycles. The van der Waals surface area contributed by atoms with Gasteiger partial charge in [-0.2, -0.15) is 0 Å². The summed E-state index contributed by atoms with van der Waals surface area (Å²) in [7, 11) is 0. The van der Waals surface area contributed by atoms with Gasteiger partial charge >= 0.3 is 112 Å². The second-order valence-corrected chi connectivity index (χ2v) is 7.41. The van der Waals surface area contributed by atoms with Crippen LogP contribution in [-0.2, 0) is 0 Å². The molecule has 2 rings (SSSR count). The predicted molar refractivity (Wildman–Crippen MR) is 74.3 cm³/mol. The molecule has 17 heavy (non-hydrogen) atoms. The quantitative estimate of drug-likeness (QED) is 0.640. The summed E-state index contributed by atoms with van der Waals surface area (Å²) >= 11 is 1.24. The standard InChI is InChI=1S/C14H12OSSe/c1-11-7-9-12(10-8-11)16-14(15)17-13-5-3-2-4-6-13/h2-10H,1H3. The Morgan fingerprint density at radius 1 is 1.00 bits per heavy atom. The van der Waals surface area contributed by atoms with Crippen LogP contribution in [-0.4, -0.2) is 19.0 Å². The zero-order valence-electron chi connectivity index (χ0n) is 9.42. The van der Waals surface area contributed by atoms with Gasteiger partial charge in [0, 0.05) is 0 Å². The van der Waals surface area contributed by atoms with E-state index in [0.29, 0.717) is 0 Å². The Kier molecular flexibility index (Phi) is 4.43. The van der Waals surface area contributed by atoms with E-state index in [4.69, 9.17) is 0 Å². The number of rotatable bonds is 3. The van der Waals surface area contributed by atoms with Gasteiger partial charge in [-0.05, 0) is 0 Å². The molecule has 86 valence electrons. The van der Waals surface area contributed by atoms with Crippen LogP contribution in [0, 0.1) is 6.92 Å². The average Bonchev–Trinajstić information content (AvgIpc) is 2.33. The number of hydrogen-bond donors (Lipinski definition) is 0. The average molecular weight is 307 g/mol. The minimum absolute atomic E-state index is 0.100. The summed E-state index contributed by atoms with van der Waals surface area (Å²) < 4.78 is 1.37. The second kappa shape index (κ2) is 6.06. The number of benzene rings is 2. The molecule has 0 saturated heterocycles. The van der Waals surface area contributed by atoms with Crippen molar-refractivity contribution in [1.82, 2.24) is 0 Å². The molecule has 2 aromatic carbocycles. The monoisotopic (exact) mass is 308 g/mol. The normalized spacial score (nSPS) is 10.2. The molecule has 0 aliphatic carbocycles. The summed E-state index contributed by atoms with van der Waals surface area (Å²) in [6, 6.07) is 18.0. The van der Waals surface area contributed by atoms with Crippen molar-refractivity contribution in [1.29, 1.82) is 0 Å². The molecule has 0 radical (unpaired) electrons. The molecule has 0 fully saturated rings. The van der Waals surface area contributed by atoms with Crippen LogP contribution in [0.25, 0.3) is 0 Å². The molecular weight excluding hydrogens is 295 g/mol. The van der Waals surface area contributed by atoms with Gasteiger partial charge < -0.3 is 0 Å². The van der Waals surface area contributed by atoms with E-state index in [2.05, 4.69) is 0 Å². The van der Waals surface area contributed by atoms with Gasteiger partial charge in [-0.3, -0.25) is 0 Å². The first-order chi connectivity index (χ1) is 8.24. The zero-order chi connectivity index (χ0) is 12.1. The number of carbonyl (C=O) groups is 1. The van der Waals surface area contributed by atoms with Crippen molar-refractivity contribution in [3.8, 4) is 0 Å². The second-order valence-electron chi connectivity index (χ2n) is 3.58. The minimum atomic E-state index is -0.100. The first-order valence-corrected chi connectivity index (χ1v) is 7.78. The molecular formula is C14H12OSSe. The Morgan fingerprint density at radius 2 is 1.65 bits per heavy atom. The maximum atomic E-state index is 11.9. The van der Waals surface area contributed by atoms with Gasteiger partial charge in [-0.1, -0.05) is 0 Å².